The maximum atomic E-state index is 14.4. The molecule has 5 rings (SSSR count). The third kappa shape index (κ3) is 4.96. The molecular formula is C24H20ClFN8O3. The van der Waals surface area contributed by atoms with Gasteiger partial charge in [0.05, 0.1) is 24.5 Å². The number of aromatic nitrogens is 5. The van der Waals surface area contributed by atoms with Crippen molar-refractivity contribution in [3.63, 3.8) is 0 Å². The van der Waals surface area contributed by atoms with E-state index in [0.29, 0.717) is 10.9 Å². The highest BCUT2D eigenvalue weighted by Crippen LogP contribution is 2.27. The van der Waals surface area contributed by atoms with Crippen molar-refractivity contribution in [1.82, 2.24) is 29.9 Å². The minimum absolute atomic E-state index is 0.0159. The van der Waals surface area contributed by atoms with Crippen molar-refractivity contribution in [3.05, 3.63) is 65.7 Å². The summed E-state index contributed by atoms with van der Waals surface area (Å²) in [5, 5.41) is 15.1. The van der Waals surface area contributed by atoms with Crippen molar-refractivity contribution < 1.29 is 18.8 Å². The van der Waals surface area contributed by atoms with E-state index < -0.39 is 29.9 Å². The first kappa shape index (κ1) is 24.3. The van der Waals surface area contributed by atoms with Gasteiger partial charge in [-0.25, -0.2) is 9.37 Å². The molecule has 0 radical (unpaired) electrons. The lowest BCUT2D eigenvalue weighted by Gasteiger charge is -2.23. The smallest absolute Gasteiger partial charge is 0.269 e. The Morgan fingerprint density at radius 1 is 1.14 bits per heavy atom. The van der Waals surface area contributed by atoms with Gasteiger partial charge in [0.15, 0.2) is 5.69 Å². The van der Waals surface area contributed by atoms with E-state index in [1.54, 1.807) is 48.8 Å². The summed E-state index contributed by atoms with van der Waals surface area (Å²) in [6, 6.07) is 10.6. The van der Waals surface area contributed by atoms with Crippen LogP contribution in [0.4, 0.5) is 10.2 Å². The minimum Gasteiger partial charge on any atom is -0.364 e. The summed E-state index contributed by atoms with van der Waals surface area (Å²) in [5.74, 6) is -1.70. The third-order valence-corrected chi connectivity index (χ3v) is 6.24. The molecule has 4 heterocycles. The zero-order valence-electron chi connectivity index (χ0n) is 19.2. The van der Waals surface area contributed by atoms with Crippen LogP contribution in [0.1, 0.15) is 16.9 Å². The molecule has 37 heavy (non-hydrogen) atoms. The summed E-state index contributed by atoms with van der Waals surface area (Å²) in [5.41, 5.74) is 7.53. The van der Waals surface area contributed by atoms with Crippen molar-refractivity contribution in [2.24, 2.45) is 5.73 Å². The number of carbonyl (C=O) groups excluding carboxylic acids is 3. The fourth-order valence-electron chi connectivity index (χ4n) is 4.34. The Balaban J connectivity index is 1.41. The number of halogens is 2. The first-order valence-electron chi connectivity index (χ1n) is 11.2. The van der Waals surface area contributed by atoms with Crippen LogP contribution < -0.4 is 11.1 Å². The average Bonchev–Trinajstić information content (AvgIpc) is 3.45. The van der Waals surface area contributed by atoms with Gasteiger partial charge in [-0.15, -0.1) is 0 Å². The molecule has 1 aliphatic rings. The zero-order valence-corrected chi connectivity index (χ0v) is 20.0. The SMILES string of the molecule is NC(=O)c1nn(CC(=O)N2C[C@H](F)C[C@H]2C(=O)Nc2cccc(Cl)n2)c2ccc(-c3ccnnc3)cc12. The number of amides is 3. The van der Waals surface area contributed by atoms with Crippen LogP contribution in [0.2, 0.25) is 5.15 Å². The largest absolute Gasteiger partial charge is 0.364 e. The number of nitrogens with zero attached hydrogens (tertiary/aromatic N) is 6. The van der Waals surface area contributed by atoms with Crippen LogP contribution in [-0.4, -0.2) is 66.3 Å². The molecule has 1 aliphatic heterocycles. The van der Waals surface area contributed by atoms with Crippen LogP contribution in [0, 0.1) is 0 Å². The molecule has 0 aliphatic carbocycles. The van der Waals surface area contributed by atoms with Gasteiger partial charge in [0.25, 0.3) is 5.91 Å². The number of fused-ring (bicyclic) bond motifs is 1. The standard InChI is InChI=1S/C24H20ClFN8O3/c25-19-2-1-3-20(30-19)31-24(37)18-9-15(26)11-33(18)21(35)12-34-17-5-4-13(14-6-7-28-29-10-14)8-16(17)22(32-34)23(27)36/h1-8,10,15,18H,9,11-12H2,(H2,27,36)(H,30,31,37)/t15-,18+/m1/s1. The highest BCUT2D eigenvalue weighted by Gasteiger charge is 2.40. The van der Waals surface area contributed by atoms with Gasteiger partial charge in [-0.1, -0.05) is 23.7 Å². The Bertz CT molecular complexity index is 1510. The lowest BCUT2D eigenvalue weighted by Crippen LogP contribution is -2.44. The molecule has 0 spiro atoms. The number of likely N-dealkylation sites (tertiary alicyclic amines) is 1. The Labute approximate surface area is 214 Å². The monoisotopic (exact) mass is 522 g/mol. The van der Waals surface area contributed by atoms with E-state index >= 15 is 0 Å². The Morgan fingerprint density at radius 3 is 2.70 bits per heavy atom. The summed E-state index contributed by atoms with van der Waals surface area (Å²) >= 11 is 5.86. The molecule has 0 saturated carbocycles. The summed E-state index contributed by atoms with van der Waals surface area (Å²) in [6.45, 7) is -0.577. The van der Waals surface area contributed by atoms with Crippen LogP contribution in [0.3, 0.4) is 0 Å². The molecule has 13 heteroatoms. The van der Waals surface area contributed by atoms with Gasteiger partial charge in [-0.3, -0.25) is 19.1 Å². The number of alkyl halides is 1. The van der Waals surface area contributed by atoms with E-state index in [0.717, 1.165) is 11.1 Å². The number of rotatable bonds is 6. The normalized spacial score (nSPS) is 17.2. The lowest BCUT2D eigenvalue weighted by molar-refractivity contribution is -0.137. The number of pyridine rings is 1. The number of benzene rings is 1. The lowest BCUT2D eigenvalue weighted by atomic mass is 10.0. The predicted octanol–water partition coefficient (Wildman–Crippen LogP) is 2.22. The van der Waals surface area contributed by atoms with Crippen molar-refractivity contribution in [3.8, 4) is 11.1 Å². The maximum absolute atomic E-state index is 14.4. The van der Waals surface area contributed by atoms with E-state index in [-0.39, 0.29) is 36.2 Å². The van der Waals surface area contributed by atoms with Crippen LogP contribution in [0.25, 0.3) is 22.0 Å². The molecule has 0 bridgehead atoms. The molecule has 1 saturated heterocycles. The highest BCUT2D eigenvalue weighted by molar-refractivity contribution is 6.29. The Hall–Kier alpha value is -4.45. The number of anilines is 1. The molecule has 1 aromatic carbocycles. The quantitative estimate of drug-likeness (QED) is 0.369. The van der Waals surface area contributed by atoms with Gasteiger partial charge in [-0.2, -0.15) is 15.3 Å². The van der Waals surface area contributed by atoms with E-state index in [4.69, 9.17) is 17.3 Å². The Morgan fingerprint density at radius 2 is 1.97 bits per heavy atom. The first-order chi connectivity index (χ1) is 17.8. The topological polar surface area (TPSA) is 149 Å². The zero-order chi connectivity index (χ0) is 26.1. The molecule has 0 unspecified atom stereocenters. The third-order valence-electron chi connectivity index (χ3n) is 6.03. The molecule has 1 fully saturated rings. The molecule has 3 aromatic heterocycles. The number of hydrogen-bond donors (Lipinski definition) is 2. The van der Waals surface area contributed by atoms with Gasteiger partial charge >= 0.3 is 0 Å². The van der Waals surface area contributed by atoms with Gasteiger partial charge in [0, 0.05) is 17.4 Å². The summed E-state index contributed by atoms with van der Waals surface area (Å²) in [6.07, 6.45) is 1.58. The van der Waals surface area contributed by atoms with Gasteiger partial charge in [0.1, 0.15) is 29.7 Å². The maximum Gasteiger partial charge on any atom is 0.269 e. The second-order valence-electron chi connectivity index (χ2n) is 8.46. The molecule has 4 aromatic rings. The fraction of sp³-hybridized carbons (Fsp3) is 0.208. The molecule has 11 nitrogen and oxygen atoms in total. The van der Waals surface area contributed by atoms with Gasteiger partial charge in [-0.05, 0) is 35.9 Å². The van der Waals surface area contributed by atoms with Crippen molar-refractivity contribution >= 4 is 46.0 Å². The van der Waals surface area contributed by atoms with Crippen LogP contribution in [-0.2, 0) is 16.1 Å². The molecule has 2 atom stereocenters. The van der Waals surface area contributed by atoms with Crippen LogP contribution >= 0.6 is 11.6 Å². The number of nitrogens with two attached hydrogens (primary N) is 1. The predicted molar refractivity (Wildman–Crippen MR) is 132 cm³/mol. The van der Waals surface area contributed by atoms with E-state index in [9.17, 15) is 18.8 Å². The summed E-state index contributed by atoms with van der Waals surface area (Å²) in [4.78, 5) is 43.4. The number of carbonyl (C=O) groups is 3. The summed E-state index contributed by atoms with van der Waals surface area (Å²) < 4.78 is 15.7. The Kier molecular flexibility index (Phi) is 6.49. The molecular weight excluding hydrogens is 503 g/mol. The number of primary amides is 1. The first-order valence-corrected chi connectivity index (χ1v) is 11.6. The van der Waals surface area contributed by atoms with E-state index in [1.165, 1.54) is 15.6 Å². The molecule has 3 N–H and O–H groups in total. The molecule has 188 valence electrons. The second-order valence-corrected chi connectivity index (χ2v) is 8.85. The van der Waals surface area contributed by atoms with Crippen LogP contribution in [0.15, 0.2) is 54.9 Å². The number of hydrogen-bond acceptors (Lipinski definition) is 7. The average molecular weight is 523 g/mol. The van der Waals surface area contributed by atoms with Crippen molar-refractivity contribution in [1.29, 1.82) is 0 Å². The fourth-order valence-corrected chi connectivity index (χ4v) is 4.50. The summed E-state index contributed by atoms with van der Waals surface area (Å²) in [7, 11) is 0. The van der Waals surface area contributed by atoms with Crippen molar-refractivity contribution in [2.75, 3.05) is 11.9 Å². The minimum atomic E-state index is -1.38. The molecule has 3 amide bonds. The number of nitrogens with one attached hydrogen (secondary N) is 1. The van der Waals surface area contributed by atoms with Crippen LogP contribution in [0.5, 0.6) is 0 Å². The van der Waals surface area contributed by atoms with Gasteiger partial charge in [0.2, 0.25) is 11.8 Å². The highest BCUT2D eigenvalue weighted by atomic mass is 35.5. The van der Waals surface area contributed by atoms with Crippen molar-refractivity contribution in [2.45, 2.75) is 25.2 Å². The van der Waals surface area contributed by atoms with E-state index in [1.807, 2.05) is 0 Å². The van der Waals surface area contributed by atoms with E-state index in [2.05, 4.69) is 25.6 Å². The van der Waals surface area contributed by atoms with Gasteiger partial charge < -0.3 is 16.0 Å². The second kappa shape index (κ2) is 9.90.